The summed E-state index contributed by atoms with van der Waals surface area (Å²) in [7, 11) is -1.40. The van der Waals surface area contributed by atoms with Gasteiger partial charge in [0, 0.05) is 8.07 Å². The molecule has 0 saturated heterocycles. The van der Waals surface area contributed by atoms with Crippen molar-refractivity contribution in [3.8, 4) is 0 Å². The Morgan fingerprint density at radius 1 is 0.821 bits per heavy atom. The topological polar surface area (TPSA) is 74.6 Å². The Bertz CT molecular complexity index is 601. The molecule has 0 radical (unpaired) electrons. The van der Waals surface area contributed by atoms with E-state index in [9.17, 15) is 9.59 Å². The van der Waals surface area contributed by atoms with Crippen LogP contribution >= 0.6 is 0 Å². The molecule has 0 saturated carbocycles. The van der Waals surface area contributed by atoms with Crippen LogP contribution < -0.4 is 0 Å². The molecule has 0 amide bonds. The van der Waals surface area contributed by atoms with Gasteiger partial charge in [0.2, 0.25) is 0 Å². The fraction of sp³-hybridized carbons (Fsp3) is 0.545. The van der Waals surface area contributed by atoms with Gasteiger partial charge >= 0.3 is 33.7 Å². The van der Waals surface area contributed by atoms with E-state index >= 15 is 0 Å². The van der Waals surface area contributed by atoms with Crippen LogP contribution in [0, 0.1) is 23.0 Å². The Kier molecular flexibility index (Phi) is 12.2. The van der Waals surface area contributed by atoms with Gasteiger partial charge in [0.1, 0.15) is 0 Å². The maximum absolute atomic E-state index is 10.0. The molecule has 2 rings (SSSR count). The van der Waals surface area contributed by atoms with Crippen molar-refractivity contribution < 1.29 is 41.5 Å². The molecule has 0 aromatic rings. The van der Waals surface area contributed by atoms with Crippen LogP contribution in [-0.2, 0) is 31.3 Å². The minimum Gasteiger partial charge on any atom is -0.481 e. The van der Waals surface area contributed by atoms with E-state index in [-0.39, 0.29) is 21.7 Å². The predicted molar refractivity (Wildman–Crippen MR) is 113 cm³/mol. The third kappa shape index (κ3) is 10.4. The maximum Gasteiger partial charge on any atom is 2.00 e. The molecule has 0 fully saturated rings. The molecule has 0 heterocycles. The number of hydrogen-bond donors (Lipinski definition) is 2. The molecule has 0 bridgehead atoms. The van der Waals surface area contributed by atoms with Crippen LogP contribution in [0.3, 0.4) is 0 Å². The van der Waals surface area contributed by atoms with Crippen molar-refractivity contribution >= 4 is 20.0 Å². The molecule has 154 valence electrons. The zero-order valence-electron chi connectivity index (χ0n) is 18.4. The van der Waals surface area contributed by atoms with Gasteiger partial charge < -0.3 is 10.2 Å². The molecule has 0 aromatic heterocycles. The number of carboxylic acids is 2. The normalized spacial score (nSPS) is 15.3. The van der Waals surface area contributed by atoms with E-state index in [4.69, 9.17) is 10.2 Å². The first-order valence-corrected chi connectivity index (χ1v) is 12.1. The van der Waals surface area contributed by atoms with Crippen LogP contribution in [-0.4, -0.2) is 30.2 Å². The second-order valence-corrected chi connectivity index (χ2v) is 13.5. The Labute approximate surface area is 186 Å². The van der Waals surface area contributed by atoms with Gasteiger partial charge in [-0.3, -0.25) is 21.7 Å². The largest absolute Gasteiger partial charge is 2.00 e. The van der Waals surface area contributed by atoms with Crippen molar-refractivity contribution in [2.45, 2.75) is 67.5 Å². The second-order valence-electron chi connectivity index (χ2n) is 9.13. The monoisotopic (exact) mass is 438 g/mol. The third-order valence-corrected chi connectivity index (χ3v) is 7.40. The number of hydrogen-bond acceptors (Lipinski definition) is 2. The zero-order valence-corrected chi connectivity index (χ0v) is 21.0. The average molecular weight is 438 g/mol. The van der Waals surface area contributed by atoms with E-state index in [1.165, 1.54) is 10.4 Å². The van der Waals surface area contributed by atoms with E-state index in [1.807, 2.05) is 0 Å². The second kappa shape index (κ2) is 11.7. The third-order valence-electron chi connectivity index (χ3n) is 4.02. The molecule has 4 nitrogen and oxygen atoms in total. The van der Waals surface area contributed by atoms with Crippen LogP contribution in [0.4, 0.5) is 0 Å². The molecule has 6 heteroatoms. The molecule has 0 aromatic carbocycles. The van der Waals surface area contributed by atoms with E-state index in [2.05, 4.69) is 49.6 Å². The molecular weight excluding hydrogens is 404 g/mol. The van der Waals surface area contributed by atoms with E-state index in [1.54, 1.807) is 41.5 Å². The van der Waals surface area contributed by atoms with Gasteiger partial charge in [0.05, 0.1) is 10.8 Å². The van der Waals surface area contributed by atoms with Crippen LogP contribution in [0.25, 0.3) is 0 Å². The minimum absolute atomic E-state index is 0. The Morgan fingerprint density at radius 3 is 1.21 bits per heavy atom. The van der Waals surface area contributed by atoms with Crippen LogP contribution in [0.5, 0.6) is 0 Å². The first kappa shape index (κ1) is 29.0. The van der Waals surface area contributed by atoms with Crippen molar-refractivity contribution in [2.75, 3.05) is 0 Å². The van der Waals surface area contributed by atoms with Gasteiger partial charge in [-0.25, -0.2) is 22.5 Å². The summed E-state index contributed by atoms with van der Waals surface area (Å²) in [5.41, 5.74) is -1.17. The van der Waals surface area contributed by atoms with Crippen molar-refractivity contribution in [1.82, 2.24) is 0 Å². The van der Waals surface area contributed by atoms with Crippen molar-refractivity contribution in [2.24, 2.45) is 10.8 Å². The molecule has 0 spiro atoms. The van der Waals surface area contributed by atoms with Crippen molar-refractivity contribution in [3.63, 3.8) is 0 Å². The first-order valence-electron chi connectivity index (χ1n) is 9.12. The van der Waals surface area contributed by atoms with Gasteiger partial charge in [0.15, 0.2) is 0 Å². The number of carbonyl (C=O) groups is 2. The van der Waals surface area contributed by atoms with Gasteiger partial charge in [-0.1, -0.05) is 13.1 Å². The maximum atomic E-state index is 10.0. The van der Waals surface area contributed by atoms with E-state index in [0.29, 0.717) is 0 Å². The summed E-state index contributed by atoms with van der Waals surface area (Å²) in [4.78, 5) is 20.0. The molecule has 2 N–H and O–H groups in total. The smallest absolute Gasteiger partial charge is 0.481 e. The fourth-order valence-corrected chi connectivity index (χ4v) is 4.26. The van der Waals surface area contributed by atoms with E-state index < -0.39 is 30.8 Å². The number of aliphatic carboxylic acids is 2. The first-order chi connectivity index (χ1) is 12.1. The van der Waals surface area contributed by atoms with Gasteiger partial charge in [-0.2, -0.15) is 12.2 Å². The van der Waals surface area contributed by atoms with Crippen molar-refractivity contribution in [1.29, 1.82) is 0 Å². The SMILES string of the molecule is CC(C)(C)C(=O)O.CC(C)(C)C(=O)O.C[Si](C)(C1=[C-]CC=C1)C1=[C-]CC=C1.[Ti+2]. The number of rotatable bonds is 2. The van der Waals surface area contributed by atoms with Crippen molar-refractivity contribution in [3.05, 3.63) is 46.8 Å². The number of carboxylic acid groups (broad SMARTS) is 2. The summed E-state index contributed by atoms with van der Waals surface area (Å²) in [6.07, 6.45) is 17.8. The summed E-state index contributed by atoms with van der Waals surface area (Å²) < 4.78 is 0. The van der Waals surface area contributed by atoms with Gasteiger partial charge in [-0.15, -0.1) is 12.8 Å². The predicted octanol–water partition coefficient (Wildman–Crippen LogP) is 5.38. The van der Waals surface area contributed by atoms with Crippen LogP contribution in [0.1, 0.15) is 54.4 Å². The summed E-state index contributed by atoms with van der Waals surface area (Å²) >= 11 is 0. The molecular formula is C22H34O4SiTi. The zero-order chi connectivity index (χ0) is 21.5. The molecule has 28 heavy (non-hydrogen) atoms. The number of allylic oxidation sites excluding steroid dienone is 8. The summed E-state index contributed by atoms with van der Waals surface area (Å²) in [6.45, 7) is 14.7. The fourth-order valence-electron chi connectivity index (χ4n) is 1.81. The Morgan fingerprint density at radius 2 is 1.07 bits per heavy atom. The molecule has 0 aliphatic heterocycles. The van der Waals surface area contributed by atoms with Crippen LogP contribution in [0.2, 0.25) is 13.1 Å². The van der Waals surface area contributed by atoms with Gasteiger partial charge in [0.25, 0.3) is 0 Å². The average Bonchev–Trinajstić information content (AvgIpc) is 3.21. The molecule has 2 aliphatic rings. The summed E-state index contributed by atoms with van der Waals surface area (Å²) in [5.74, 6) is -1.51. The standard InChI is InChI=1S/C12H14Si.2C5H10O2.Ti/c1-13(2,11-7-3-4-8-11)12-9-5-6-10-12;2*1-5(2,3)4(6)7;/h3,5,7,9H,4,6H2,1-2H3;2*1-3H3,(H,6,7);/q-2;;;+2. The van der Waals surface area contributed by atoms with Gasteiger partial charge in [-0.05, 0) is 41.5 Å². The van der Waals surface area contributed by atoms with Crippen LogP contribution in [0.15, 0.2) is 34.7 Å². The Hall–Kier alpha value is -1.17. The molecule has 2 aliphatic carbocycles. The van der Waals surface area contributed by atoms with E-state index in [0.717, 1.165) is 12.8 Å². The summed E-state index contributed by atoms with van der Waals surface area (Å²) in [6, 6.07) is 0. The molecule has 0 unspecified atom stereocenters. The quantitative estimate of drug-likeness (QED) is 0.448. The Balaban J connectivity index is 0. The summed E-state index contributed by atoms with van der Waals surface area (Å²) in [5, 5.41) is 19.4. The molecule has 0 atom stereocenters. The minimum atomic E-state index is -1.40.